The SMILES string of the molecule is CCc1nn(CC)c(CNC2CCCCC2Cl)c1Cl. The molecule has 1 N–H and O–H groups in total. The summed E-state index contributed by atoms with van der Waals surface area (Å²) in [5, 5.41) is 9.17. The Bertz CT molecular complexity index is 417. The van der Waals surface area contributed by atoms with Crippen LogP contribution >= 0.6 is 23.2 Å². The van der Waals surface area contributed by atoms with Gasteiger partial charge in [-0.15, -0.1) is 11.6 Å². The van der Waals surface area contributed by atoms with E-state index in [2.05, 4.69) is 24.3 Å². The fourth-order valence-corrected chi connectivity index (χ4v) is 3.43. The molecular weight excluding hydrogens is 281 g/mol. The molecule has 1 aliphatic carbocycles. The average Bonchev–Trinajstić information content (AvgIpc) is 2.74. The zero-order valence-electron chi connectivity index (χ0n) is 11.8. The maximum atomic E-state index is 6.41. The Balaban J connectivity index is 2.04. The standard InChI is InChI=1S/C14H23Cl2N3/c1-3-11-14(16)13(19(4-2)18-11)9-17-12-8-6-5-7-10(12)15/h10,12,17H,3-9H2,1-2H3. The number of aryl methyl sites for hydroxylation is 2. The molecule has 0 bridgehead atoms. The summed E-state index contributed by atoms with van der Waals surface area (Å²) in [5.41, 5.74) is 2.09. The Morgan fingerprint density at radius 1 is 1.32 bits per heavy atom. The molecule has 0 saturated heterocycles. The summed E-state index contributed by atoms with van der Waals surface area (Å²) in [6.07, 6.45) is 5.66. The van der Waals surface area contributed by atoms with E-state index in [1.54, 1.807) is 0 Å². The Kier molecular flexibility index (Phi) is 5.55. The van der Waals surface area contributed by atoms with Crippen LogP contribution in [-0.2, 0) is 19.5 Å². The number of nitrogens with zero attached hydrogens (tertiary/aromatic N) is 2. The van der Waals surface area contributed by atoms with Crippen LogP contribution in [0.4, 0.5) is 0 Å². The van der Waals surface area contributed by atoms with Gasteiger partial charge < -0.3 is 5.32 Å². The molecule has 3 nitrogen and oxygen atoms in total. The number of rotatable bonds is 5. The molecule has 0 amide bonds. The van der Waals surface area contributed by atoms with Crippen LogP contribution in [0.25, 0.3) is 0 Å². The first-order valence-electron chi connectivity index (χ1n) is 7.28. The van der Waals surface area contributed by atoms with Gasteiger partial charge in [0.1, 0.15) is 0 Å². The summed E-state index contributed by atoms with van der Waals surface area (Å²) in [6, 6.07) is 0.400. The molecule has 1 aromatic rings. The molecule has 0 aromatic carbocycles. The number of halogens is 2. The van der Waals surface area contributed by atoms with Crippen LogP contribution in [0.15, 0.2) is 0 Å². The van der Waals surface area contributed by atoms with Crippen molar-refractivity contribution in [3.63, 3.8) is 0 Å². The summed E-state index contributed by atoms with van der Waals surface area (Å²) in [7, 11) is 0. The molecule has 0 spiro atoms. The van der Waals surface area contributed by atoms with Gasteiger partial charge >= 0.3 is 0 Å². The number of hydrogen-bond acceptors (Lipinski definition) is 2. The fraction of sp³-hybridized carbons (Fsp3) is 0.786. The molecule has 2 atom stereocenters. The lowest BCUT2D eigenvalue weighted by Gasteiger charge is -2.28. The molecule has 1 aromatic heterocycles. The van der Waals surface area contributed by atoms with Crippen molar-refractivity contribution in [2.75, 3.05) is 0 Å². The van der Waals surface area contributed by atoms with E-state index in [1.807, 2.05) is 4.68 Å². The van der Waals surface area contributed by atoms with Gasteiger partial charge in [0.05, 0.1) is 16.4 Å². The molecule has 1 heterocycles. The third-order valence-electron chi connectivity index (χ3n) is 3.91. The van der Waals surface area contributed by atoms with Gasteiger partial charge in [-0.3, -0.25) is 4.68 Å². The predicted molar refractivity (Wildman–Crippen MR) is 81.0 cm³/mol. The van der Waals surface area contributed by atoms with Gasteiger partial charge in [-0.2, -0.15) is 5.10 Å². The number of nitrogens with one attached hydrogen (secondary N) is 1. The minimum atomic E-state index is 0.246. The average molecular weight is 304 g/mol. The van der Waals surface area contributed by atoms with E-state index in [-0.39, 0.29) is 5.38 Å². The molecule has 1 fully saturated rings. The van der Waals surface area contributed by atoms with Crippen molar-refractivity contribution in [1.82, 2.24) is 15.1 Å². The summed E-state index contributed by atoms with van der Waals surface area (Å²) >= 11 is 12.8. The van der Waals surface area contributed by atoms with Crippen LogP contribution in [0.2, 0.25) is 5.02 Å². The topological polar surface area (TPSA) is 29.9 Å². The van der Waals surface area contributed by atoms with E-state index in [1.165, 1.54) is 12.8 Å². The highest BCUT2D eigenvalue weighted by molar-refractivity contribution is 6.31. The van der Waals surface area contributed by atoms with Crippen molar-refractivity contribution in [1.29, 1.82) is 0 Å². The summed E-state index contributed by atoms with van der Waals surface area (Å²) in [5.74, 6) is 0. The van der Waals surface area contributed by atoms with Gasteiger partial charge in [0.2, 0.25) is 0 Å². The Hall–Kier alpha value is -0.250. The van der Waals surface area contributed by atoms with Crippen molar-refractivity contribution < 1.29 is 0 Å². The third kappa shape index (κ3) is 3.45. The van der Waals surface area contributed by atoms with Crippen LogP contribution in [0.5, 0.6) is 0 Å². The normalized spacial score (nSPS) is 23.8. The Morgan fingerprint density at radius 2 is 2.05 bits per heavy atom. The number of aromatic nitrogens is 2. The predicted octanol–water partition coefficient (Wildman–Crippen LogP) is 3.76. The van der Waals surface area contributed by atoms with Crippen molar-refractivity contribution in [3.8, 4) is 0 Å². The van der Waals surface area contributed by atoms with Crippen LogP contribution in [0, 0.1) is 0 Å². The van der Waals surface area contributed by atoms with Gasteiger partial charge in [-0.1, -0.05) is 31.4 Å². The van der Waals surface area contributed by atoms with Gasteiger partial charge in [-0.05, 0) is 26.2 Å². The molecule has 0 radical (unpaired) electrons. The van der Waals surface area contributed by atoms with Crippen molar-refractivity contribution in [3.05, 3.63) is 16.4 Å². The summed E-state index contributed by atoms with van der Waals surface area (Å²) in [4.78, 5) is 0. The lowest BCUT2D eigenvalue weighted by Crippen LogP contribution is -2.39. The molecule has 1 aliphatic rings. The van der Waals surface area contributed by atoms with Gasteiger partial charge in [0.25, 0.3) is 0 Å². The largest absolute Gasteiger partial charge is 0.307 e. The van der Waals surface area contributed by atoms with Crippen molar-refractivity contribution >= 4 is 23.2 Å². The van der Waals surface area contributed by atoms with E-state index in [0.29, 0.717) is 6.04 Å². The van der Waals surface area contributed by atoms with E-state index >= 15 is 0 Å². The lowest BCUT2D eigenvalue weighted by atomic mass is 9.95. The lowest BCUT2D eigenvalue weighted by molar-refractivity contribution is 0.373. The van der Waals surface area contributed by atoms with Crippen LogP contribution in [0.1, 0.15) is 50.9 Å². The second-order valence-corrected chi connectivity index (χ2v) is 6.10. The smallest absolute Gasteiger partial charge is 0.0863 e. The zero-order valence-corrected chi connectivity index (χ0v) is 13.3. The molecule has 0 aliphatic heterocycles. The molecule has 19 heavy (non-hydrogen) atoms. The molecule has 2 unspecified atom stereocenters. The minimum absolute atomic E-state index is 0.246. The van der Waals surface area contributed by atoms with Gasteiger partial charge in [0.15, 0.2) is 0 Å². The maximum Gasteiger partial charge on any atom is 0.0863 e. The molecule has 2 rings (SSSR count). The highest BCUT2D eigenvalue weighted by atomic mass is 35.5. The van der Waals surface area contributed by atoms with Crippen LogP contribution < -0.4 is 5.32 Å². The summed E-state index contributed by atoms with van der Waals surface area (Å²) < 4.78 is 2.00. The van der Waals surface area contributed by atoms with Crippen molar-refractivity contribution in [2.24, 2.45) is 0 Å². The third-order valence-corrected chi connectivity index (χ3v) is 4.87. The first-order valence-corrected chi connectivity index (χ1v) is 8.10. The second-order valence-electron chi connectivity index (χ2n) is 5.16. The monoisotopic (exact) mass is 303 g/mol. The van der Waals surface area contributed by atoms with Crippen LogP contribution in [-0.4, -0.2) is 21.2 Å². The summed E-state index contributed by atoms with van der Waals surface area (Å²) in [6.45, 7) is 5.79. The minimum Gasteiger partial charge on any atom is -0.307 e. The van der Waals surface area contributed by atoms with Gasteiger partial charge in [0, 0.05) is 24.5 Å². The Morgan fingerprint density at radius 3 is 2.68 bits per heavy atom. The first-order chi connectivity index (χ1) is 9.17. The molecule has 1 saturated carbocycles. The molecular formula is C14H23Cl2N3. The van der Waals surface area contributed by atoms with E-state index in [0.717, 1.165) is 48.8 Å². The van der Waals surface area contributed by atoms with E-state index in [4.69, 9.17) is 23.2 Å². The second kappa shape index (κ2) is 6.96. The maximum absolute atomic E-state index is 6.41. The highest BCUT2D eigenvalue weighted by Crippen LogP contribution is 2.25. The quantitative estimate of drug-likeness (QED) is 0.839. The zero-order chi connectivity index (χ0) is 13.8. The van der Waals surface area contributed by atoms with Crippen LogP contribution in [0.3, 0.4) is 0 Å². The molecule has 108 valence electrons. The van der Waals surface area contributed by atoms with E-state index < -0.39 is 0 Å². The fourth-order valence-electron chi connectivity index (χ4n) is 2.73. The van der Waals surface area contributed by atoms with Gasteiger partial charge in [-0.25, -0.2) is 0 Å². The Labute approximate surface area is 125 Å². The number of alkyl halides is 1. The molecule has 5 heteroatoms. The van der Waals surface area contributed by atoms with E-state index in [9.17, 15) is 0 Å². The van der Waals surface area contributed by atoms with Crippen molar-refractivity contribution in [2.45, 2.75) is 70.5 Å². The first kappa shape index (κ1) is 15.1. The highest BCUT2D eigenvalue weighted by Gasteiger charge is 2.23. The number of hydrogen-bond donors (Lipinski definition) is 1.